The Kier molecular flexibility index (Phi) is 15.4. The number of carbonyl (C=O) groups is 2. The van der Waals surface area contributed by atoms with Crippen LogP contribution in [-0.4, -0.2) is 45.7 Å². The van der Waals surface area contributed by atoms with Crippen LogP contribution in [0.5, 0.6) is 0 Å². The van der Waals surface area contributed by atoms with Gasteiger partial charge in [0.2, 0.25) is 0 Å². The molecule has 6 nitrogen and oxygen atoms in total. The Labute approximate surface area is 127 Å². The highest BCUT2D eigenvalue weighted by molar-refractivity contribution is 8.02. The molecule has 20 heavy (non-hydrogen) atoms. The van der Waals surface area contributed by atoms with Crippen LogP contribution in [0.3, 0.4) is 0 Å². The Morgan fingerprint density at radius 3 is 1.45 bits per heavy atom. The number of thioether (sulfide) groups is 2. The molecule has 0 spiro atoms. The molecule has 0 aromatic rings. The lowest BCUT2D eigenvalue weighted by atomic mass is 10.4. The first kappa shape index (κ1) is 21.3. The Balaban J connectivity index is 0. The summed E-state index contributed by atoms with van der Waals surface area (Å²) in [6.45, 7) is 3.75. The first-order valence-corrected chi connectivity index (χ1v) is 7.88. The molecule has 8 heteroatoms. The molecule has 116 valence electrons. The van der Waals surface area contributed by atoms with Crippen molar-refractivity contribution in [3.8, 4) is 0 Å². The summed E-state index contributed by atoms with van der Waals surface area (Å²) in [7, 11) is 0. The maximum Gasteiger partial charge on any atom is 0.321 e. The zero-order valence-electron chi connectivity index (χ0n) is 11.6. The van der Waals surface area contributed by atoms with Crippen molar-refractivity contribution in [2.75, 3.05) is 11.5 Å². The Morgan fingerprint density at radius 2 is 1.25 bits per heavy atom. The molecule has 6 N–H and O–H groups in total. The summed E-state index contributed by atoms with van der Waals surface area (Å²) in [5.74, 6) is -1.03. The highest BCUT2D eigenvalue weighted by atomic mass is 32.2. The van der Waals surface area contributed by atoms with Crippen molar-refractivity contribution < 1.29 is 19.8 Å². The van der Waals surface area contributed by atoms with E-state index in [1.165, 1.54) is 23.5 Å². The summed E-state index contributed by atoms with van der Waals surface area (Å²) >= 11 is 2.81. The average Bonchev–Trinajstić information content (AvgIpc) is 2.39. The number of aliphatic carboxylic acids is 2. The number of allylic oxidation sites excluding steroid dienone is 2. The second kappa shape index (κ2) is 14.4. The summed E-state index contributed by atoms with van der Waals surface area (Å²) in [4.78, 5) is 20.3. The summed E-state index contributed by atoms with van der Waals surface area (Å²) < 4.78 is 0. The molecule has 0 rings (SSSR count). The fraction of sp³-hybridized carbons (Fsp3) is 0.500. The van der Waals surface area contributed by atoms with Crippen LogP contribution in [0.15, 0.2) is 23.0 Å². The van der Waals surface area contributed by atoms with Gasteiger partial charge in [0, 0.05) is 11.5 Å². The van der Waals surface area contributed by atoms with Crippen molar-refractivity contribution in [1.29, 1.82) is 0 Å². The van der Waals surface area contributed by atoms with Crippen LogP contribution in [-0.2, 0) is 9.59 Å². The van der Waals surface area contributed by atoms with Crippen LogP contribution in [0, 0.1) is 0 Å². The van der Waals surface area contributed by atoms with Crippen molar-refractivity contribution in [1.82, 2.24) is 0 Å². The van der Waals surface area contributed by atoms with E-state index in [0.717, 1.165) is 0 Å². The van der Waals surface area contributed by atoms with Crippen LogP contribution in [0.1, 0.15) is 13.8 Å². The number of hydrogen-bond donors (Lipinski definition) is 4. The van der Waals surface area contributed by atoms with E-state index in [0.29, 0.717) is 11.5 Å². The summed E-state index contributed by atoms with van der Waals surface area (Å²) in [6, 6.07) is -1.50. The van der Waals surface area contributed by atoms with Crippen molar-refractivity contribution in [2.24, 2.45) is 11.5 Å². The van der Waals surface area contributed by atoms with E-state index in [9.17, 15) is 9.59 Å². The van der Waals surface area contributed by atoms with Gasteiger partial charge in [0.15, 0.2) is 0 Å². The van der Waals surface area contributed by atoms with Gasteiger partial charge >= 0.3 is 11.9 Å². The normalized spacial score (nSPS) is 13.8. The van der Waals surface area contributed by atoms with Crippen molar-refractivity contribution in [3.63, 3.8) is 0 Å². The van der Waals surface area contributed by atoms with Crippen LogP contribution in [0.2, 0.25) is 0 Å². The number of nitrogens with two attached hydrogens (primary N) is 2. The fourth-order valence-electron chi connectivity index (χ4n) is 0.653. The van der Waals surface area contributed by atoms with Gasteiger partial charge in [-0.15, -0.1) is 23.5 Å². The fourth-order valence-corrected chi connectivity index (χ4v) is 1.96. The molecule has 0 aromatic heterocycles. The summed E-state index contributed by atoms with van der Waals surface area (Å²) in [6.07, 6.45) is 3.69. The highest BCUT2D eigenvalue weighted by Crippen LogP contribution is 2.03. The molecule has 0 radical (unpaired) electrons. The molecule has 0 aliphatic heterocycles. The Bertz CT molecular complexity index is 303. The quantitative estimate of drug-likeness (QED) is 0.527. The standard InChI is InChI=1S/2C6H11NO2S/c2*1-2-3-10-4-5(7)6(8)9/h2*2-3,5H,4,7H2,1H3,(H,8,9)/b2*3-2+/t2*5-/m00/s1. The number of carboxylic acids is 2. The van der Waals surface area contributed by atoms with Gasteiger partial charge in [0.1, 0.15) is 12.1 Å². The number of hydrogen-bond acceptors (Lipinski definition) is 6. The van der Waals surface area contributed by atoms with Gasteiger partial charge in [-0.2, -0.15) is 0 Å². The van der Waals surface area contributed by atoms with Gasteiger partial charge in [0.25, 0.3) is 0 Å². The van der Waals surface area contributed by atoms with Crippen LogP contribution in [0.4, 0.5) is 0 Å². The zero-order chi connectivity index (χ0) is 16.0. The van der Waals surface area contributed by atoms with Gasteiger partial charge in [0.05, 0.1) is 0 Å². The third kappa shape index (κ3) is 15.1. The predicted molar refractivity (Wildman–Crippen MR) is 85.8 cm³/mol. The molecule has 0 saturated carbocycles. The third-order valence-corrected chi connectivity index (χ3v) is 3.68. The first-order chi connectivity index (χ1) is 9.36. The van der Waals surface area contributed by atoms with Gasteiger partial charge in [-0.25, -0.2) is 0 Å². The minimum atomic E-state index is -0.947. The molecular formula is C12H22N2O4S2. The molecule has 0 unspecified atom stereocenters. The van der Waals surface area contributed by atoms with Crippen molar-refractivity contribution in [2.45, 2.75) is 25.9 Å². The topological polar surface area (TPSA) is 127 Å². The van der Waals surface area contributed by atoms with Crippen molar-refractivity contribution >= 4 is 35.5 Å². The molecule has 0 aliphatic carbocycles. The highest BCUT2D eigenvalue weighted by Gasteiger charge is 2.09. The Hall–Kier alpha value is -0.960. The van der Waals surface area contributed by atoms with E-state index in [1.54, 1.807) is 0 Å². The average molecular weight is 322 g/mol. The molecule has 0 aliphatic rings. The second-order valence-electron chi connectivity index (χ2n) is 3.49. The van der Waals surface area contributed by atoms with E-state index in [2.05, 4.69) is 0 Å². The van der Waals surface area contributed by atoms with Crippen LogP contribution in [0.25, 0.3) is 0 Å². The van der Waals surface area contributed by atoms with E-state index < -0.39 is 24.0 Å². The number of carboxylic acid groups (broad SMARTS) is 2. The van der Waals surface area contributed by atoms with E-state index in [1.807, 2.05) is 36.8 Å². The molecule has 0 fully saturated rings. The largest absolute Gasteiger partial charge is 0.480 e. The molecule has 0 aromatic carbocycles. The first-order valence-electron chi connectivity index (χ1n) is 5.79. The maximum atomic E-state index is 10.1. The third-order valence-electron chi connectivity index (χ3n) is 1.65. The van der Waals surface area contributed by atoms with Crippen LogP contribution < -0.4 is 11.5 Å². The minimum absolute atomic E-state index is 0.430. The van der Waals surface area contributed by atoms with Gasteiger partial charge in [-0.05, 0) is 24.7 Å². The smallest absolute Gasteiger partial charge is 0.321 e. The lowest BCUT2D eigenvalue weighted by Gasteiger charge is -2.01. The van der Waals surface area contributed by atoms with E-state index in [-0.39, 0.29) is 0 Å². The molecule has 0 saturated heterocycles. The zero-order valence-corrected chi connectivity index (χ0v) is 13.2. The van der Waals surface area contributed by atoms with E-state index >= 15 is 0 Å². The molecule has 0 heterocycles. The second-order valence-corrected chi connectivity index (χ2v) is 5.37. The molecule has 0 bridgehead atoms. The summed E-state index contributed by atoms with van der Waals surface area (Å²) in [5.41, 5.74) is 10.4. The van der Waals surface area contributed by atoms with Crippen molar-refractivity contribution in [3.05, 3.63) is 23.0 Å². The predicted octanol–water partition coefficient (Wildman–Crippen LogP) is 1.33. The van der Waals surface area contributed by atoms with Gasteiger partial charge < -0.3 is 21.7 Å². The lowest BCUT2D eigenvalue weighted by molar-refractivity contribution is -0.138. The maximum absolute atomic E-state index is 10.1. The SMILES string of the molecule is C/C=C/SC[C@H](N)C(=O)O.C/C=C/SC[C@H](N)C(=O)O. The molecular weight excluding hydrogens is 300 g/mol. The van der Waals surface area contributed by atoms with Gasteiger partial charge in [-0.1, -0.05) is 12.2 Å². The lowest BCUT2D eigenvalue weighted by Crippen LogP contribution is -2.32. The van der Waals surface area contributed by atoms with Gasteiger partial charge in [-0.3, -0.25) is 9.59 Å². The summed E-state index contributed by atoms with van der Waals surface area (Å²) in [5, 5.41) is 20.3. The molecule has 2 atom stereocenters. The monoisotopic (exact) mass is 322 g/mol. The van der Waals surface area contributed by atoms with Crippen LogP contribution >= 0.6 is 23.5 Å². The number of rotatable bonds is 8. The van der Waals surface area contributed by atoms with E-state index in [4.69, 9.17) is 21.7 Å². The molecule has 0 amide bonds. The minimum Gasteiger partial charge on any atom is -0.480 e. The Morgan fingerprint density at radius 1 is 0.950 bits per heavy atom.